The number of aliphatic hydroxyl groups is 1. The van der Waals surface area contributed by atoms with Crippen LogP contribution in [0.25, 0.3) is 10.9 Å². The van der Waals surface area contributed by atoms with Gasteiger partial charge in [-0.2, -0.15) is 0 Å². The molecule has 0 radical (unpaired) electrons. The van der Waals surface area contributed by atoms with Gasteiger partial charge in [0, 0.05) is 49.6 Å². The molecule has 0 bridgehead atoms. The monoisotopic (exact) mass is 426 g/mol. The topological polar surface area (TPSA) is 89.8 Å². The van der Waals surface area contributed by atoms with Gasteiger partial charge in [-0.3, -0.25) is 14.2 Å². The fourth-order valence-corrected chi connectivity index (χ4v) is 4.34. The van der Waals surface area contributed by atoms with Crippen LogP contribution in [0.1, 0.15) is 55.8 Å². The van der Waals surface area contributed by atoms with Crippen LogP contribution in [-0.4, -0.2) is 47.0 Å². The lowest BCUT2D eigenvalue weighted by molar-refractivity contribution is -0.166. The van der Waals surface area contributed by atoms with E-state index in [2.05, 4.69) is 5.32 Å². The Hall–Kier alpha value is -2.64. The third-order valence-corrected chi connectivity index (χ3v) is 5.99. The largest absolute Gasteiger partial charge is 0.459 e. The molecule has 1 aromatic carbocycles. The second kappa shape index (κ2) is 9.24. The van der Waals surface area contributed by atoms with Gasteiger partial charge in [0.15, 0.2) is 5.76 Å². The number of rotatable bonds is 8. The molecule has 7 nitrogen and oxygen atoms in total. The number of nitrogens with one attached hydrogen (secondary N) is 1. The third kappa shape index (κ3) is 4.52. The molecule has 31 heavy (non-hydrogen) atoms. The van der Waals surface area contributed by atoms with Crippen molar-refractivity contribution >= 4 is 22.7 Å². The van der Waals surface area contributed by atoms with Gasteiger partial charge in [0.25, 0.3) is 5.91 Å². The summed E-state index contributed by atoms with van der Waals surface area (Å²) >= 11 is 0. The van der Waals surface area contributed by atoms with Gasteiger partial charge >= 0.3 is 0 Å². The molecule has 1 saturated carbocycles. The molecule has 4 rings (SSSR count). The number of ether oxygens (including phenoxy) is 2. The first-order valence-electron chi connectivity index (χ1n) is 11.1. The molecule has 1 fully saturated rings. The number of para-hydroxylation sites is 1. The van der Waals surface area contributed by atoms with E-state index in [1.807, 2.05) is 43.5 Å². The van der Waals surface area contributed by atoms with Crippen LogP contribution in [0.15, 0.2) is 42.3 Å². The summed E-state index contributed by atoms with van der Waals surface area (Å²) in [6.45, 7) is 3.94. The van der Waals surface area contributed by atoms with Gasteiger partial charge in [0.1, 0.15) is 0 Å². The van der Waals surface area contributed by atoms with Crippen LogP contribution in [0.2, 0.25) is 0 Å². The maximum absolute atomic E-state index is 12.8. The summed E-state index contributed by atoms with van der Waals surface area (Å²) in [5.41, 5.74) is 1.79. The van der Waals surface area contributed by atoms with Crippen LogP contribution in [-0.2, 0) is 14.3 Å². The molecule has 0 unspecified atom stereocenters. The Morgan fingerprint density at radius 3 is 2.74 bits per heavy atom. The van der Waals surface area contributed by atoms with Crippen molar-refractivity contribution in [2.24, 2.45) is 5.92 Å². The molecule has 0 spiro atoms. The normalized spacial score (nSPS) is 23.3. The van der Waals surface area contributed by atoms with Crippen molar-refractivity contribution in [3.8, 4) is 0 Å². The van der Waals surface area contributed by atoms with E-state index in [1.165, 1.54) is 6.92 Å². The minimum atomic E-state index is -0.606. The number of aliphatic hydroxyl groups excluding tert-OH is 1. The van der Waals surface area contributed by atoms with E-state index in [0.717, 1.165) is 29.3 Å². The first kappa shape index (κ1) is 21.6. The minimum Gasteiger partial charge on any atom is -0.459 e. The summed E-state index contributed by atoms with van der Waals surface area (Å²) in [5.74, 6) is -0.333. The number of hydrogen-bond donors (Lipinski definition) is 2. The molecule has 1 amide bonds. The predicted molar refractivity (Wildman–Crippen MR) is 117 cm³/mol. The molecule has 0 saturated heterocycles. The Morgan fingerprint density at radius 2 is 2.06 bits per heavy atom. The van der Waals surface area contributed by atoms with E-state index >= 15 is 0 Å². The van der Waals surface area contributed by atoms with Gasteiger partial charge in [0.05, 0.1) is 5.52 Å². The van der Waals surface area contributed by atoms with Gasteiger partial charge in [-0.1, -0.05) is 18.2 Å². The zero-order valence-corrected chi connectivity index (χ0v) is 18.0. The van der Waals surface area contributed by atoms with E-state index < -0.39 is 6.29 Å². The summed E-state index contributed by atoms with van der Waals surface area (Å²) in [4.78, 5) is 25.1. The second-order valence-electron chi connectivity index (χ2n) is 8.27. The van der Waals surface area contributed by atoms with Crippen LogP contribution in [0.5, 0.6) is 0 Å². The van der Waals surface area contributed by atoms with Crippen molar-refractivity contribution in [3.05, 3.63) is 47.9 Å². The maximum atomic E-state index is 12.8. The fraction of sp³-hybridized carbons (Fsp3) is 0.500. The maximum Gasteiger partial charge on any atom is 0.286 e. The highest BCUT2D eigenvalue weighted by atomic mass is 16.7. The predicted octanol–water partition coefficient (Wildman–Crippen LogP) is 3.33. The van der Waals surface area contributed by atoms with Crippen molar-refractivity contribution < 1.29 is 24.2 Å². The summed E-state index contributed by atoms with van der Waals surface area (Å²) < 4.78 is 13.6. The van der Waals surface area contributed by atoms with Crippen molar-refractivity contribution in [1.82, 2.24) is 9.88 Å². The minimum absolute atomic E-state index is 0.0655. The highest BCUT2D eigenvalue weighted by Gasteiger charge is 2.39. The zero-order valence-electron chi connectivity index (χ0n) is 18.0. The van der Waals surface area contributed by atoms with E-state index in [1.54, 1.807) is 4.57 Å². The first-order valence-corrected chi connectivity index (χ1v) is 11.1. The first-order chi connectivity index (χ1) is 15.0. The van der Waals surface area contributed by atoms with E-state index in [9.17, 15) is 14.7 Å². The molecular weight excluding hydrogens is 396 g/mol. The van der Waals surface area contributed by atoms with Gasteiger partial charge < -0.3 is 19.9 Å². The van der Waals surface area contributed by atoms with Crippen LogP contribution in [0, 0.1) is 5.92 Å². The SMILES string of the molecule is CCO[C@@H]1OC(C(=O)NC2CC2)=C[C@H](c2cn(C(C)=O)c3ccccc23)[C@H]1CCCO. The Morgan fingerprint density at radius 1 is 1.29 bits per heavy atom. The molecule has 2 aromatic rings. The van der Waals surface area contributed by atoms with Gasteiger partial charge in [-0.25, -0.2) is 0 Å². The summed E-state index contributed by atoms with van der Waals surface area (Å²) in [7, 11) is 0. The van der Waals surface area contributed by atoms with E-state index in [4.69, 9.17) is 9.47 Å². The molecule has 166 valence electrons. The molecule has 2 aliphatic rings. The lowest BCUT2D eigenvalue weighted by Crippen LogP contribution is -2.39. The summed E-state index contributed by atoms with van der Waals surface area (Å²) in [6.07, 6.45) is 6.36. The molecule has 2 N–H and O–H groups in total. The molecule has 2 heterocycles. The Balaban J connectivity index is 1.80. The average Bonchev–Trinajstić information content (AvgIpc) is 3.49. The number of amides is 1. The third-order valence-electron chi connectivity index (χ3n) is 5.99. The number of allylic oxidation sites excluding steroid dienone is 1. The molecule has 1 aliphatic heterocycles. The Labute approximate surface area is 182 Å². The highest BCUT2D eigenvalue weighted by molar-refractivity contribution is 5.95. The van der Waals surface area contributed by atoms with Crippen molar-refractivity contribution in [2.45, 2.75) is 57.8 Å². The average molecular weight is 427 g/mol. The molecule has 1 aliphatic carbocycles. The molecule has 1 aromatic heterocycles. The van der Waals surface area contributed by atoms with Gasteiger partial charge in [-0.15, -0.1) is 0 Å². The lowest BCUT2D eigenvalue weighted by Gasteiger charge is -2.36. The van der Waals surface area contributed by atoms with Gasteiger partial charge in [0.2, 0.25) is 12.2 Å². The quantitative estimate of drug-likeness (QED) is 0.676. The van der Waals surface area contributed by atoms with Crippen LogP contribution in [0.4, 0.5) is 0 Å². The number of carbonyl (C=O) groups excluding carboxylic acids is 2. The Bertz CT molecular complexity index is 991. The Kier molecular flexibility index (Phi) is 6.43. The van der Waals surface area contributed by atoms with E-state index in [-0.39, 0.29) is 42.1 Å². The molecule has 3 atom stereocenters. The highest BCUT2D eigenvalue weighted by Crippen LogP contribution is 2.42. The second-order valence-corrected chi connectivity index (χ2v) is 8.27. The number of carbonyl (C=O) groups is 2. The smallest absolute Gasteiger partial charge is 0.286 e. The van der Waals surface area contributed by atoms with E-state index in [0.29, 0.717) is 19.4 Å². The number of benzene rings is 1. The van der Waals surface area contributed by atoms with Crippen molar-refractivity contribution in [2.75, 3.05) is 13.2 Å². The van der Waals surface area contributed by atoms with Crippen molar-refractivity contribution in [1.29, 1.82) is 0 Å². The summed E-state index contributed by atoms with van der Waals surface area (Å²) in [5, 5.41) is 13.4. The number of aromatic nitrogens is 1. The lowest BCUT2D eigenvalue weighted by atomic mass is 9.80. The van der Waals surface area contributed by atoms with Crippen molar-refractivity contribution in [3.63, 3.8) is 0 Å². The van der Waals surface area contributed by atoms with Gasteiger partial charge in [-0.05, 0) is 50.3 Å². The fourth-order valence-electron chi connectivity index (χ4n) is 4.34. The molecular formula is C24H30N2O5. The number of fused-ring (bicyclic) bond motifs is 1. The van der Waals surface area contributed by atoms with Crippen LogP contribution < -0.4 is 5.32 Å². The summed E-state index contributed by atoms with van der Waals surface area (Å²) in [6, 6.07) is 7.99. The number of nitrogens with zero attached hydrogens (tertiary/aromatic N) is 1. The number of hydrogen-bond acceptors (Lipinski definition) is 5. The van der Waals surface area contributed by atoms with Crippen LogP contribution in [0.3, 0.4) is 0 Å². The standard InChI is InChI=1S/C24H30N2O5/c1-3-30-24-18(8-6-12-27)19(13-22(31-24)23(29)25-16-10-11-16)20-14-26(15(2)28)21-9-5-4-7-17(20)21/h4-5,7,9,13-14,16,18-19,24,27H,3,6,8,10-12H2,1-2H3,(H,25,29)/t18-,19+,24-/m1/s1. The van der Waals surface area contributed by atoms with Crippen LogP contribution >= 0.6 is 0 Å². The molecule has 7 heteroatoms. The zero-order chi connectivity index (χ0) is 22.0.